The van der Waals surface area contributed by atoms with E-state index >= 15 is 0 Å². The smallest absolute Gasteiger partial charge is 0.316 e. The number of carbonyl (C=O) groups is 1. The number of nitrogens with two attached hydrogens (primary N) is 1. The lowest BCUT2D eigenvalue weighted by molar-refractivity contribution is -0.136. The second-order valence-electron chi connectivity index (χ2n) is 3.81. The SMILES string of the molecule is CC(Sc1nnc(C2CCCO2)n1N)C(=O)O. The van der Waals surface area contributed by atoms with E-state index in [1.165, 1.54) is 4.68 Å². The largest absolute Gasteiger partial charge is 0.480 e. The van der Waals surface area contributed by atoms with Crippen molar-refractivity contribution in [2.75, 3.05) is 12.4 Å². The van der Waals surface area contributed by atoms with Gasteiger partial charge in [-0.25, -0.2) is 4.68 Å². The second-order valence-corrected chi connectivity index (χ2v) is 5.12. The second kappa shape index (κ2) is 4.92. The summed E-state index contributed by atoms with van der Waals surface area (Å²) in [6.45, 7) is 2.28. The molecule has 0 amide bonds. The van der Waals surface area contributed by atoms with Crippen molar-refractivity contribution in [3.05, 3.63) is 5.82 Å². The molecular weight excluding hydrogens is 244 g/mol. The number of carboxylic acid groups (broad SMARTS) is 1. The van der Waals surface area contributed by atoms with E-state index < -0.39 is 11.2 Å². The highest BCUT2D eigenvalue weighted by Crippen LogP contribution is 2.29. The van der Waals surface area contributed by atoms with Gasteiger partial charge in [-0.15, -0.1) is 10.2 Å². The molecule has 0 aliphatic carbocycles. The van der Waals surface area contributed by atoms with Gasteiger partial charge in [-0.05, 0) is 19.8 Å². The first-order chi connectivity index (χ1) is 8.09. The van der Waals surface area contributed by atoms with Gasteiger partial charge in [0.25, 0.3) is 0 Å². The van der Waals surface area contributed by atoms with Gasteiger partial charge in [0.1, 0.15) is 11.4 Å². The summed E-state index contributed by atoms with van der Waals surface area (Å²) < 4.78 is 6.78. The Hall–Kier alpha value is -1.28. The molecule has 1 aliphatic rings. The third kappa shape index (κ3) is 2.52. The number of aromatic nitrogens is 3. The summed E-state index contributed by atoms with van der Waals surface area (Å²) in [7, 11) is 0. The molecule has 1 saturated heterocycles. The summed E-state index contributed by atoms with van der Waals surface area (Å²) in [5.41, 5.74) is 0. The zero-order valence-electron chi connectivity index (χ0n) is 9.37. The lowest BCUT2D eigenvalue weighted by atomic mass is 10.2. The number of nitrogen functional groups attached to an aromatic ring is 1. The molecule has 94 valence electrons. The van der Waals surface area contributed by atoms with Crippen molar-refractivity contribution in [1.82, 2.24) is 14.9 Å². The van der Waals surface area contributed by atoms with Gasteiger partial charge >= 0.3 is 5.97 Å². The van der Waals surface area contributed by atoms with Gasteiger partial charge < -0.3 is 15.7 Å². The van der Waals surface area contributed by atoms with E-state index in [2.05, 4.69) is 10.2 Å². The van der Waals surface area contributed by atoms with E-state index in [-0.39, 0.29) is 6.10 Å². The molecule has 1 aromatic rings. The summed E-state index contributed by atoms with van der Waals surface area (Å²) >= 11 is 1.07. The standard InChI is InChI=1S/C9H14N4O3S/c1-5(8(14)15)17-9-12-11-7(13(9)10)6-3-2-4-16-6/h5-6H,2-4,10H2,1H3,(H,14,15). The fourth-order valence-corrected chi connectivity index (χ4v) is 2.29. The van der Waals surface area contributed by atoms with Crippen molar-refractivity contribution in [3.63, 3.8) is 0 Å². The van der Waals surface area contributed by atoms with Gasteiger partial charge in [-0.3, -0.25) is 4.79 Å². The minimum atomic E-state index is -0.906. The molecule has 2 heterocycles. The van der Waals surface area contributed by atoms with E-state index in [4.69, 9.17) is 15.7 Å². The molecule has 0 spiro atoms. The molecule has 1 fully saturated rings. The third-order valence-electron chi connectivity index (χ3n) is 2.54. The zero-order chi connectivity index (χ0) is 12.4. The van der Waals surface area contributed by atoms with Crippen LogP contribution in [0.4, 0.5) is 0 Å². The molecule has 8 heteroatoms. The van der Waals surface area contributed by atoms with Crippen molar-refractivity contribution in [3.8, 4) is 0 Å². The molecule has 7 nitrogen and oxygen atoms in total. The number of thioether (sulfide) groups is 1. The van der Waals surface area contributed by atoms with Gasteiger partial charge in [0.05, 0.1) is 0 Å². The Labute approximate surface area is 102 Å². The number of rotatable bonds is 4. The maximum Gasteiger partial charge on any atom is 0.316 e. The fourth-order valence-electron chi connectivity index (χ4n) is 1.58. The zero-order valence-corrected chi connectivity index (χ0v) is 10.2. The molecule has 1 aliphatic heterocycles. The van der Waals surface area contributed by atoms with E-state index in [9.17, 15) is 4.79 Å². The first-order valence-electron chi connectivity index (χ1n) is 5.31. The first-order valence-corrected chi connectivity index (χ1v) is 6.19. The van der Waals surface area contributed by atoms with Crippen molar-refractivity contribution in [2.24, 2.45) is 0 Å². The Bertz CT molecular complexity index is 416. The highest BCUT2D eigenvalue weighted by Gasteiger charge is 2.26. The predicted octanol–water partition coefficient (Wildman–Crippen LogP) is 0.409. The molecule has 2 rings (SSSR count). The van der Waals surface area contributed by atoms with Gasteiger partial charge in [0.15, 0.2) is 5.82 Å². The molecule has 0 radical (unpaired) electrons. The number of ether oxygens (including phenoxy) is 1. The summed E-state index contributed by atoms with van der Waals surface area (Å²) in [4.78, 5) is 10.7. The van der Waals surface area contributed by atoms with Crippen LogP contribution in [0.15, 0.2) is 5.16 Å². The van der Waals surface area contributed by atoms with Crippen LogP contribution >= 0.6 is 11.8 Å². The third-order valence-corrected chi connectivity index (χ3v) is 3.58. The van der Waals surface area contributed by atoms with Gasteiger partial charge in [-0.2, -0.15) is 0 Å². The lowest BCUT2D eigenvalue weighted by Gasteiger charge is -2.09. The summed E-state index contributed by atoms with van der Waals surface area (Å²) in [6.07, 6.45) is 1.72. The lowest BCUT2D eigenvalue weighted by Crippen LogP contribution is -2.19. The van der Waals surface area contributed by atoms with Crippen LogP contribution in [0.2, 0.25) is 0 Å². The number of aliphatic carboxylic acids is 1. The van der Waals surface area contributed by atoms with Gasteiger partial charge in [-0.1, -0.05) is 11.8 Å². The Balaban J connectivity index is 2.12. The number of carboxylic acids is 1. The Morgan fingerprint density at radius 3 is 3.06 bits per heavy atom. The van der Waals surface area contributed by atoms with Crippen LogP contribution in [0.5, 0.6) is 0 Å². The van der Waals surface area contributed by atoms with Crippen LogP contribution in [0.25, 0.3) is 0 Å². The summed E-state index contributed by atoms with van der Waals surface area (Å²) in [5.74, 6) is 5.48. The Kier molecular flexibility index (Phi) is 3.53. The summed E-state index contributed by atoms with van der Waals surface area (Å²) in [5, 5.41) is 16.4. The minimum Gasteiger partial charge on any atom is -0.480 e. The van der Waals surface area contributed by atoms with Crippen LogP contribution in [0.3, 0.4) is 0 Å². The average molecular weight is 258 g/mol. The predicted molar refractivity (Wildman–Crippen MR) is 61.1 cm³/mol. The molecule has 0 saturated carbocycles. The van der Waals surface area contributed by atoms with Crippen molar-refractivity contribution >= 4 is 17.7 Å². The van der Waals surface area contributed by atoms with Crippen LogP contribution in [0.1, 0.15) is 31.7 Å². The van der Waals surface area contributed by atoms with E-state index in [1.807, 2.05) is 0 Å². The van der Waals surface area contributed by atoms with Crippen molar-refractivity contribution < 1.29 is 14.6 Å². The fraction of sp³-hybridized carbons (Fsp3) is 0.667. The molecule has 0 bridgehead atoms. The monoisotopic (exact) mass is 258 g/mol. The molecule has 2 atom stereocenters. The quantitative estimate of drug-likeness (QED) is 0.595. The van der Waals surface area contributed by atoms with E-state index in [1.54, 1.807) is 6.92 Å². The summed E-state index contributed by atoms with van der Waals surface area (Å²) in [6, 6.07) is 0. The van der Waals surface area contributed by atoms with Gasteiger partial charge in [0, 0.05) is 6.61 Å². The number of nitrogens with zero attached hydrogens (tertiary/aromatic N) is 3. The topological polar surface area (TPSA) is 103 Å². The van der Waals surface area contributed by atoms with Crippen LogP contribution in [-0.2, 0) is 9.53 Å². The van der Waals surface area contributed by atoms with Crippen molar-refractivity contribution in [1.29, 1.82) is 0 Å². The van der Waals surface area contributed by atoms with Crippen LogP contribution in [0, 0.1) is 0 Å². The number of hydrogen-bond acceptors (Lipinski definition) is 6. The minimum absolute atomic E-state index is 0.123. The normalized spacial score (nSPS) is 21.6. The molecule has 0 aromatic carbocycles. The maximum absolute atomic E-state index is 10.7. The molecular formula is C9H14N4O3S. The van der Waals surface area contributed by atoms with E-state index in [0.29, 0.717) is 17.6 Å². The van der Waals surface area contributed by atoms with Crippen LogP contribution in [-0.4, -0.2) is 37.8 Å². The van der Waals surface area contributed by atoms with E-state index in [0.717, 1.165) is 24.6 Å². The van der Waals surface area contributed by atoms with Crippen LogP contribution < -0.4 is 5.84 Å². The van der Waals surface area contributed by atoms with Gasteiger partial charge in [0.2, 0.25) is 5.16 Å². The molecule has 1 aromatic heterocycles. The highest BCUT2D eigenvalue weighted by molar-refractivity contribution is 8.00. The average Bonchev–Trinajstić information content (AvgIpc) is 2.89. The Morgan fingerprint density at radius 2 is 2.47 bits per heavy atom. The Morgan fingerprint density at radius 1 is 1.71 bits per heavy atom. The number of hydrogen-bond donors (Lipinski definition) is 2. The molecule has 17 heavy (non-hydrogen) atoms. The molecule has 3 N–H and O–H groups in total. The molecule has 2 unspecified atom stereocenters. The first kappa shape index (κ1) is 12.2. The highest BCUT2D eigenvalue weighted by atomic mass is 32.2. The maximum atomic E-state index is 10.7. The van der Waals surface area contributed by atoms with Crippen molar-refractivity contribution in [2.45, 2.75) is 36.3 Å².